The zero-order chi connectivity index (χ0) is 9.10. The van der Waals surface area contributed by atoms with Crippen LogP contribution in [-0.2, 0) is 0 Å². The molecule has 4 heteroatoms. The zero-order valence-corrected chi connectivity index (χ0v) is 7.35. The third-order valence-corrected chi connectivity index (χ3v) is 1.97. The topological polar surface area (TPSA) is 38.7 Å². The monoisotopic (exact) mass is 179 g/mol. The predicted octanol–water partition coefficient (Wildman–Crippen LogP) is 0.331. The Morgan fingerprint density at radius 1 is 1.38 bits per heavy atom. The van der Waals surface area contributed by atoms with Crippen LogP contribution < -0.4 is 5.53 Å². The van der Waals surface area contributed by atoms with Gasteiger partial charge in [0.1, 0.15) is 0 Å². The Balaban J connectivity index is 1.95. The molecule has 13 heavy (non-hydrogen) atoms. The van der Waals surface area contributed by atoms with Crippen molar-refractivity contribution in [2.45, 2.75) is 6.42 Å². The summed E-state index contributed by atoms with van der Waals surface area (Å²) in [6, 6.07) is 0. The Hall–Kier alpha value is -1.26. The highest BCUT2D eigenvalue weighted by molar-refractivity contribution is 5.28. The van der Waals surface area contributed by atoms with Crippen molar-refractivity contribution in [3.8, 4) is 0 Å². The Labute approximate surface area is 77.4 Å². The average molecular weight is 179 g/mol. The Bertz CT molecular complexity index is 270. The Kier molecular flexibility index (Phi) is 2.33. The Morgan fingerprint density at radius 2 is 2.31 bits per heavy atom. The van der Waals surface area contributed by atoms with Crippen molar-refractivity contribution in [3.05, 3.63) is 36.3 Å². The van der Waals surface area contributed by atoms with Gasteiger partial charge in [0.05, 0.1) is 5.70 Å². The number of aliphatic hydroxyl groups excluding tert-OH is 1. The first-order valence-electron chi connectivity index (χ1n) is 4.40. The van der Waals surface area contributed by atoms with Gasteiger partial charge in [-0.1, -0.05) is 6.08 Å². The van der Waals surface area contributed by atoms with Crippen LogP contribution in [0.2, 0.25) is 0 Å². The molecule has 0 aliphatic carbocycles. The molecule has 2 N–H and O–H groups in total. The highest BCUT2D eigenvalue weighted by Crippen LogP contribution is 2.16. The van der Waals surface area contributed by atoms with Gasteiger partial charge in [-0.2, -0.15) is 0 Å². The summed E-state index contributed by atoms with van der Waals surface area (Å²) < 4.78 is 0. The van der Waals surface area contributed by atoms with Crippen LogP contribution in [0.3, 0.4) is 0 Å². The number of aliphatic hydroxyl groups is 1. The first-order chi connectivity index (χ1) is 6.40. The SMILES string of the molecule is OCCCN1C=C2C=CC=CN2N1. The third kappa shape index (κ3) is 1.74. The largest absolute Gasteiger partial charge is 0.396 e. The van der Waals surface area contributed by atoms with Crippen LogP contribution in [0.15, 0.2) is 36.3 Å². The fraction of sp³-hybridized carbons (Fsp3) is 0.333. The van der Waals surface area contributed by atoms with Crippen LogP contribution >= 0.6 is 0 Å². The van der Waals surface area contributed by atoms with Gasteiger partial charge in [-0.25, -0.2) is 0 Å². The lowest BCUT2D eigenvalue weighted by Crippen LogP contribution is -2.38. The molecule has 2 heterocycles. The van der Waals surface area contributed by atoms with Gasteiger partial charge in [0, 0.05) is 25.6 Å². The van der Waals surface area contributed by atoms with Crippen LogP contribution in [0.4, 0.5) is 0 Å². The molecule has 0 aromatic heterocycles. The molecule has 70 valence electrons. The van der Waals surface area contributed by atoms with E-state index in [1.54, 1.807) is 0 Å². The van der Waals surface area contributed by atoms with E-state index in [2.05, 4.69) is 5.53 Å². The average Bonchev–Trinajstić information content (AvgIpc) is 2.57. The number of hydrazine groups is 2. The highest BCUT2D eigenvalue weighted by atomic mass is 16.3. The molecule has 0 amide bonds. The van der Waals surface area contributed by atoms with Crippen LogP contribution in [-0.4, -0.2) is 28.3 Å². The molecule has 0 atom stereocenters. The highest BCUT2D eigenvalue weighted by Gasteiger charge is 2.16. The van der Waals surface area contributed by atoms with Gasteiger partial charge >= 0.3 is 0 Å². The van der Waals surface area contributed by atoms with Gasteiger partial charge in [0.25, 0.3) is 0 Å². The predicted molar refractivity (Wildman–Crippen MR) is 49.7 cm³/mol. The molecule has 0 radical (unpaired) electrons. The van der Waals surface area contributed by atoms with Crippen LogP contribution in [0, 0.1) is 0 Å². The molecule has 2 aliphatic heterocycles. The standard InChI is InChI=1S/C9H13N3O/c13-7-3-5-11-8-9-4-1-2-6-12(9)10-11/h1-2,4,6,8,10,13H,3,5,7H2. The van der Waals surface area contributed by atoms with Crippen molar-refractivity contribution in [3.63, 3.8) is 0 Å². The minimum Gasteiger partial charge on any atom is -0.396 e. The molecule has 0 bridgehead atoms. The van der Waals surface area contributed by atoms with Gasteiger partial charge in [0.15, 0.2) is 0 Å². The Morgan fingerprint density at radius 3 is 3.08 bits per heavy atom. The van der Waals surface area contributed by atoms with Gasteiger partial charge in [-0.3, -0.25) is 10.0 Å². The quantitative estimate of drug-likeness (QED) is 0.655. The summed E-state index contributed by atoms with van der Waals surface area (Å²) >= 11 is 0. The fourth-order valence-electron chi connectivity index (χ4n) is 1.34. The van der Waals surface area contributed by atoms with Crippen molar-refractivity contribution in [2.75, 3.05) is 13.2 Å². The van der Waals surface area contributed by atoms with E-state index < -0.39 is 0 Å². The number of nitrogens with one attached hydrogen (secondary N) is 1. The fourth-order valence-corrected chi connectivity index (χ4v) is 1.34. The summed E-state index contributed by atoms with van der Waals surface area (Å²) in [5.41, 5.74) is 4.28. The maximum Gasteiger partial charge on any atom is 0.0762 e. The lowest BCUT2D eigenvalue weighted by Gasteiger charge is -2.21. The first-order valence-corrected chi connectivity index (χ1v) is 4.40. The third-order valence-electron chi connectivity index (χ3n) is 1.97. The maximum absolute atomic E-state index is 8.67. The molecular formula is C9H13N3O. The molecule has 0 fully saturated rings. The number of rotatable bonds is 3. The second kappa shape index (κ2) is 3.64. The molecule has 4 nitrogen and oxygen atoms in total. The van der Waals surface area contributed by atoms with E-state index in [9.17, 15) is 0 Å². The summed E-state index contributed by atoms with van der Waals surface area (Å²) in [7, 11) is 0. The number of nitrogens with zero attached hydrogens (tertiary/aromatic N) is 2. The van der Waals surface area contributed by atoms with Gasteiger partial charge in [-0.15, -0.1) is 5.53 Å². The molecule has 0 saturated heterocycles. The second-order valence-electron chi connectivity index (χ2n) is 3.00. The van der Waals surface area contributed by atoms with E-state index in [-0.39, 0.29) is 6.61 Å². The van der Waals surface area contributed by atoms with Crippen molar-refractivity contribution < 1.29 is 5.11 Å². The normalized spacial score (nSPS) is 19.3. The minimum absolute atomic E-state index is 0.229. The van der Waals surface area contributed by atoms with E-state index in [4.69, 9.17) is 5.11 Å². The summed E-state index contributed by atoms with van der Waals surface area (Å²) in [4.78, 5) is 0. The van der Waals surface area contributed by atoms with Gasteiger partial charge in [0.2, 0.25) is 0 Å². The van der Waals surface area contributed by atoms with Gasteiger partial charge in [-0.05, 0) is 18.6 Å². The summed E-state index contributed by atoms with van der Waals surface area (Å²) in [6.45, 7) is 1.05. The van der Waals surface area contributed by atoms with Crippen LogP contribution in [0.25, 0.3) is 0 Å². The number of allylic oxidation sites excluding steroid dienone is 3. The lowest BCUT2D eigenvalue weighted by atomic mass is 10.3. The second-order valence-corrected chi connectivity index (χ2v) is 3.00. The number of hydrogen-bond donors (Lipinski definition) is 2. The van der Waals surface area contributed by atoms with E-state index in [1.165, 1.54) is 0 Å². The molecule has 0 unspecified atom stereocenters. The van der Waals surface area contributed by atoms with Crippen molar-refractivity contribution in [2.24, 2.45) is 0 Å². The first kappa shape index (κ1) is 8.34. The van der Waals surface area contributed by atoms with Crippen molar-refractivity contribution in [1.29, 1.82) is 0 Å². The number of fused-ring (bicyclic) bond motifs is 1. The molecule has 0 saturated carbocycles. The molecule has 0 aromatic rings. The van der Waals surface area contributed by atoms with E-state index in [0.29, 0.717) is 0 Å². The van der Waals surface area contributed by atoms with E-state index in [1.807, 2.05) is 40.6 Å². The summed E-state index contributed by atoms with van der Waals surface area (Å²) in [6.07, 6.45) is 10.8. The van der Waals surface area contributed by atoms with Crippen molar-refractivity contribution in [1.82, 2.24) is 15.6 Å². The molecule has 2 aliphatic rings. The minimum atomic E-state index is 0.229. The van der Waals surface area contributed by atoms with Gasteiger partial charge < -0.3 is 5.11 Å². The van der Waals surface area contributed by atoms with Crippen molar-refractivity contribution >= 4 is 0 Å². The summed E-state index contributed by atoms with van der Waals surface area (Å²) in [5.74, 6) is 0. The van der Waals surface area contributed by atoms with Crippen LogP contribution in [0.5, 0.6) is 0 Å². The van der Waals surface area contributed by atoms with Crippen LogP contribution in [0.1, 0.15) is 6.42 Å². The summed E-state index contributed by atoms with van der Waals surface area (Å²) in [5, 5.41) is 12.6. The van der Waals surface area contributed by atoms with E-state index >= 15 is 0 Å². The lowest BCUT2D eigenvalue weighted by molar-refractivity contribution is 0.159. The maximum atomic E-state index is 8.67. The number of hydrogen-bond acceptors (Lipinski definition) is 4. The molecular weight excluding hydrogens is 166 g/mol. The molecule has 2 rings (SSSR count). The zero-order valence-electron chi connectivity index (χ0n) is 7.35. The molecule has 0 aromatic carbocycles. The smallest absolute Gasteiger partial charge is 0.0762 e. The molecule has 0 spiro atoms. The van der Waals surface area contributed by atoms with E-state index in [0.717, 1.165) is 18.7 Å².